The molecule has 2 heterocycles. The zero-order valence-corrected chi connectivity index (χ0v) is 11.7. The second kappa shape index (κ2) is 6.23. The van der Waals surface area contributed by atoms with E-state index in [4.69, 9.17) is 0 Å². The van der Waals surface area contributed by atoms with Gasteiger partial charge < -0.3 is 9.84 Å². The molecule has 0 radical (unpaired) electrons. The number of rotatable bonds is 5. The molecule has 3 rings (SSSR count). The Labute approximate surface area is 124 Å². The van der Waals surface area contributed by atoms with Crippen molar-refractivity contribution in [2.24, 2.45) is 0 Å². The molecule has 3 aromatic rings. The van der Waals surface area contributed by atoms with Gasteiger partial charge in [-0.15, -0.1) is 10.2 Å². The Bertz CT molecular complexity index is 711. The Morgan fingerprint density at radius 1 is 1.29 bits per heavy atom. The first-order valence-electron chi connectivity index (χ1n) is 6.11. The molecule has 21 heavy (non-hydrogen) atoms. The van der Waals surface area contributed by atoms with E-state index in [9.17, 15) is 4.79 Å². The molecule has 1 N–H and O–H groups in total. The molecule has 2 aromatic heterocycles. The van der Waals surface area contributed by atoms with Crippen LogP contribution in [0, 0.1) is 0 Å². The van der Waals surface area contributed by atoms with Crippen LogP contribution in [0.1, 0.15) is 0 Å². The van der Waals surface area contributed by atoms with Crippen LogP contribution >= 0.6 is 11.8 Å². The Hall–Kier alpha value is -2.61. The van der Waals surface area contributed by atoms with Crippen LogP contribution in [-0.2, 0) is 4.79 Å². The first-order valence-corrected chi connectivity index (χ1v) is 7.10. The van der Waals surface area contributed by atoms with E-state index in [0.717, 1.165) is 5.69 Å². The normalized spacial score (nSPS) is 10.5. The van der Waals surface area contributed by atoms with Crippen molar-refractivity contribution in [3.63, 3.8) is 0 Å². The predicted octanol–water partition coefficient (Wildman–Crippen LogP) is 1.99. The van der Waals surface area contributed by atoms with Crippen molar-refractivity contribution in [1.29, 1.82) is 0 Å². The summed E-state index contributed by atoms with van der Waals surface area (Å²) in [7, 11) is 0. The first kappa shape index (κ1) is 13.4. The number of aromatic nitrogens is 4. The molecule has 0 saturated heterocycles. The molecule has 8 heteroatoms. The minimum Gasteiger partial charge on any atom is -0.363 e. The van der Waals surface area contributed by atoms with Crippen LogP contribution in [0.2, 0.25) is 0 Å². The lowest BCUT2D eigenvalue weighted by Gasteiger charge is -2.05. The summed E-state index contributed by atoms with van der Waals surface area (Å²) in [5.74, 6) is 0.417. The predicted molar refractivity (Wildman–Crippen MR) is 77.2 cm³/mol. The zero-order valence-electron chi connectivity index (χ0n) is 10.8. The largest absolute Gasteiger partial charge is 0.363 e. The summed E-state index contributed by atoms with van der Waals surface area (Å²) in [6, 6.07) is 11.3. The van der Waals surface area contributed by atoms with Gasteiger partial charge in [-0.3, -0.25) is 9.36 Å². The summed E-state index contributed by atoms with van der Waals surface area (Å²) in [6.07, 6.45) is 3.02. The SMILES string of the molecule is O=C(CSc1nncn1-c1ccccc1)Nc1ccon1. The average Bonchev–Trinajstić information content (AvgIpc) is 3.17. The maximum absolute atomic E-state index is 11.8. The third kappa shape index (κ3) is 3.29. The summed E-state index contributed by atoms with van der Waals surface area (Å²) in [5.41, 5.74) is 0.946. The number of para-hydroxylation sites is 1. The highest BCUT2D eigenvalue weighted by Gasteiger charge is 2.10. The van der Waals surface area contributed by atoms with Crippen molar-refractivity contribution in [3.05, 3.63) is 49.0 Å². The number of nitrogens with one attached hydrogen (secondary N) is 1. The van der Waals surface area contributed by atoms with Gasteiger partial charge in [0.05, 0.1) is 5.75 Å². The monoisotopic (exact) mass is 301 g/mol. The molecule has 106 valence electrons. The lowest BCUT2D eigenvalue weighted by atomic mass is 10.3. The van der Waals surface area contributed by atoms with Gasteiger partial charge in [0, 0.05) is 11.8 Å². The molecular weight excluding hydrogens is 290 g/mol. The van der Waals surface area contributed by atoms with Gasteiger partial charge in [0.1, 0.15) is 12.6 Å². The standard InChI is InChI=1S/C13H11N5O2S/c19-12(15-11-6-7-20-17-11)8-21-13-16-14-9-18(13)10-4-2-1-3-5-10/h1-7,9H,8H2,(H,15,17,19). The molecule has 0 spiro atoms. The number of benzene rings is 1. The Morgan fingerprint density at radius 2 is 2.14 bits per heavy atom. The third-order valence-corrected chi connectivity index (χ3v) is 3.53. The molecule has 0 unspecified atom stereocenters. The van der Waals surface area contributed by atoms with Crippen LogP contribution in [0.15, 0.2) is 58.7 Å². The number of anilines is 1. The molecule has 0 atom stereocenters. The maximum Gasteiger partial charge on any atom is 0.236 e. The van der Waals surface area contributed by atoms with Gasteiger partial charge in [-0.1, -0.05) is 35.1 Å². The van der Waals surface area contributed by atoms with Crippen LogP contribution in [0.25, 0.3) is 5.69 Å². The number of amides is 1. The molecule has 0 fully saturated rings. The maximum atomic E-state index is 11.8. The van der Waals surface area contributed by atoms with Crippen molar-refractivity contribution < 1.29 is 9.32 Å². The average molecular weight is 301 g/mol. The lowest BCUT2D eigenvalue weighted by molar-refractivity contribution is -0.113. The second-order valence-corrected chi connectivity index (χ2v) is 4.98. The zero-order chi connectivity index (χ0) is 14.5. The molecule has 0 saturated carbocycles. The minimum atomic E-state index is -0.184. The Kier molecular flexibility index (Phi) is 3.97. The topological polar surface area (TPSA) is 85.8 Å². The summed E-state index contributed by atoms with van der Waals surface area (Å²) in [5, 5.41) is 14.8. The van der Waals surface area contributed by atoms with Crippen molar-refractivity contribution in [2.45, 2.75) is 5.16 Å². The van der Waals surface area contributed by atoms with E-state index < -0.39 is 0 Å². The van der Waals surface area contributed by atoms with Gasteiger partial charge in [0.25, 0.3) is 0 Å². The highest BCUT2D eigenvalue weighted by atomic mass is 32.2. The van der Waals surface area contributed by atoms with Crippen LogP contribution in [0.3, 0.4) is 0 Å². The quantitative estimate of drug-likeness (QED) is 0.725. The van der Waals surface area contributed by atoms with E-state index in [1.54, 1.807) is 12.4 Å². The van der Waals surface area contributed by atoms with Crippen molar-refractivity contribution in [1.82, 2.24) is 19.9 Å². The fourth-order valence-corrected chi connectivity index (χ4v) is 2.40. The van der Waals surface area contributed by atoms with Crippen LogP contribution < -0.4 is 5.32 Å². The van der Waals surface area contributed by atoms with Gasteiger partial charge >= 0.3 is 0 Å². The van der Waals surface area contributed by atoms with Crippen molar-refractivity contribution >= 4 is 23.5 Å². The molecule has 7 nitrogen and oxygen atoms in total. The van der Waals surface area contributed by atoms with E-state index in [1.807, 2.05) is 34.9 Å². The van der Waals surface area contributed by atoms with E-state index in [-0.39, 0.29) is 11.7 Å². The molecule has 0 aliphatic heterocycles. The van der Waals surface area contributed by atoms with E-state index in [2.05, 4.69) is 25.2 Å². The number of hydrogen-bond acceptors (Lipinski definition) is 6. The van der Waals surface area contributed by atoms with Crippen molar-refractivity contribution in [3.8, 4) is 5.69 Å². The van der Waals surface area contributed by atoms with Gasteiger partial charge in [-0.05, 0) is 12.1 Å². The van der Waals surface area contributed by atoms with E-state index in [1.165, 1.54) is 18.0 Å². The van der Waals surface area contributed by atoms with Crippen molar-refractivity contribution in [2.75, 3.05) is 11.1 Å². The minimum absolute atomic E-state index is 0.184. The molecular formula is C13H11N5O2S. The molecule has 0 aliphatic rings. The van der Waals surface area contributed by atoms with Gasteiger partial charge in [-0.25, -0.2) is 0 Å². The van der Waals surface area contributed by atoms with Crippen LogP contribution in [-0.4, -0.2) is 31.6 Å². The fourth-order valence-electron chi connectivity index (χ4n) is 1.67. The summed E-state index contributed by atoms with van der Waals surface area (Å²) in [6.45, 7) is 0. The van der Waals surface area contributed by atoms with Gasteiger partial charge in [0.15, 0.2) is 11.0 Å². The Morgan fingerprint density at radius 3 is 2.90 bits per heavy atom. The smallest absolute Gasteiger partial charge is 0.236 e. The van der Waals surface area contributed by atoms with Crippen LogP contribution in [0.5, 0.6) is 0 Å². The number of thioether (sulfide) groups is 1. The highest BCUT2D eigenvalue weighted by molar-refractivity contribution is 7.99. The number of carbonyl (C=O) groups excluding carboxylic acids is 1. The number of nitrogens with zero attached hydrogens (tertiary/aromatic N) is 4. The Balaban J connectivity index is 1.64. The number of hydrogen-bond donors (Lipinski definition) is 1. The molecule has 0 aliphatic carbocycles. The first-order chi connectivity index (χ1) is 10.3. The highest BCUT2D eigenvalue weighted by Crippen LogP contribution is 2.19. The summed E-state index contributed by atoms with van der Waals surface area (Å²) >= 11 is 1.30. The second-order valence-electron chi connectivity index (χ2n) is 4.04. The lowest BCUT2D eigenvalue weighted by Crippen LogP contribution is -2.14. The van der Waals surface area contributed by atoms with E-state index >= 15 is 0 Å². The third-order valence-electron chi connectivity index (χ3n) is 2.59. The van der Waals surface area contributed by atoms with E-state index in [0.29, 0.717) is 11.0 Å². The number of carbonyl (C=O) groups is 1. The molecule has 1 aromatic carbocycles. The summed E-state index contributed by atoms with van der Waals surface area (Å²) in [4.78, 5) is 11.8. The fraction of sp³-hybridized carbons (Fsp3) is 0.0769. The van der Waals surface area contributed by atoms with Gasteiger partial charge in [0.2, 0.25) is 5.91 Å². The van der Waals surface area contributed by atoms with Crippen LogP contribution in [0.4, 0.5) is 5.82 Å². The molecule has 0 bridgehead atoms. The van der Waals surface area contributed by atoms with Gasteiger partial charge in [-0.2, -0.15) is 0 Å². The molecule has 1 amide bonds. The summed E-state index contributed by atoms with van der Waals surface area (Å²) < 4.78 is 6.47.